The fraction of sp³-hybridized carbons (Fsp3) is 0.412. The van der Waals surface area contributed by atoms with Crippen LogP contribution in [0.2, 0.25) is 0 Å². The lowest BCUT2D eigenvalue weighted by atomic mass is 10.2. The number of esters is 1. The van der Waals surface area contributed by atoms with E-state index in [4.69, 9.17) is 4.74 Å². The van der Waals surface area contributed by atoms with E-state index in [1.165, 1.54) is 7.11 Å². The predicted molar refractivity (Wildman–Crippen MR) is 82.1 cm³/mol. The molecule has 0 saturated carbocycles. The Bertz CT molecular complexity index is 527. The molecule has 1 heterocycles. The van der Waals surface area contributed by atoms with Crippen molar-refractivity contribution >= 4 is 12.1 Å². The molecule has 118 valence electrons. The highest BCUT2D eigenvalue weighted by Gasteiger charge is 2.27. The highest BCUT2D eigenvalue weighted by Crippen LogP contribution is 2.20. The van der Waals surface area contributed by atoms with Crippen LogP contribution in [0.4, 0.5) is 4.79 Å². The molecule has 1 aromatic carbocycles. The highest BCUT2D eigenvalue weighted by atomic mass is 16.6. The van der Waals surface area contributed by atoms with E-state index in [-0.39, 0.29) is 31.1 Å². The van der Waals surface area contributed by atoms with Crippen LogP contribution in [0.1, 0.15) is 24.8 Å². The van der Waals surface area contributed by atoms with Gasteiger partial charge in [-0.2, -0.15) is 0 Å². The summed E-state index contributed by atoms with van der Waals surface area (Å²) in [5.41, 5.74) is 0.966. The van der Waals surface area contributed by atoms with Gasteiger partial charge >= 0.3 is 12.1 Å². The van der Waals surface area contributed by atoms with E-state index in [2.05, 4.69) is 4.74 Å². The summed E-state index contributed by atoms with van der Waals surface area (Å²) in [5, 5.41) is 0. The molecule has 1 amide bonds. The van der Waals surface area contributed by atoms with Gasteiger partial charge in [-0.25, -0.2) is 4.79 Å². The Kier molecular flexibility index (Phi) is 6.01. The van der Waals surface area contributed by atoms with Gasteiger partial charge in [-0.1, -0.05) is 42.5 Å². The Morgan fingerprint density at radius 3 is 2.82 bits per heavy atom. The van der Waals surface area contributed by atoms with E-state index in [1.807, 2.05) is 36.4 Å². The molecule has 1 aliphatic rings. The number of hydrogen-bond donors (Lipinski definition) is 0. The lowest BCUT2D eigenvalue weighted by Crippen LogP contribution is -2.34. The molecule has 0 bridgehead atoms. The number of nitrogens with zero attached hydrogens (tertiary/aromatic N) is 1. The molecule has 1 fully saturated rings. The zero-order valence-corrected chi connectivity index (χ0v) is 12.7. The minimum absolute atomic E-state index is 0.00655. The summed E-state index contributed by atoms with van der Waals surface area (Å²) in [7, 11) is 1.36. The monoisotopic (exact) mass is 303 g/mol. The molecular formula is C17H21NO4. The van der Waals surface area contributed by atoms with Gasteiger partial charge in [0.1, 0.15) is 6.61 Å². The van der Waals surface area contributed by atoms with Crippen LogP contribution in [0.3, 0.4) is 0 Å². The molecule has 0 aliphatic carbocycles. The summed E-state index contributed by atoms with van der Waals surface area (Å²) in [6, 6.07) is 9.59. The van der Waals surface area contributed by atoms with Crippen LogP contribution in [-0.2, 0) is 20.9 Å². The molecule has 5 nitrogen and oxygen atoms in total. The molecule has 0 radical (unpaired) electrons. The Balaban J connectivity index is 1.84. The Morgan fingerprint density at radius 2 is 2.09 bits per heavy atom. The van der Waals surface area contributed by atoms with E-state index in [0.29, 0.717) is 6.54 Å². The normalized spacial score (nSPS) is 17.7. The third-order valence-corrected chi connectivity index (χ3v) is 3.61. The van der Waals surface area contributed by atoms with Gasteiger partial charge in [0, 0.05) is 6.54 Å². The van der Waals surface area contributed by atoms with Crippen molar-refractivity contribution in [2.45, 2.75) is 31.9 Å². The van der Waals surface area contributed by atoms with E-state index in [1.54, 1.807) is 11.0 Å². The van der Waals surface area contributed by atoms with Crippen LogP contribution < -0.4 is 0 Å². The number of carbonyl (C=O) groups is 2. The highest BCUT2D eigenvalue weighted by molar-refractivity contribution is 5.71. The summed E-state index contributed by atoms with van der Waals surface area (Å²) in [6.45, 7) is 0.954. The van der Waals surface area contributed by atoms with Crippen LogP contribution in [0.5, 0.6) is 0 Å². The maximum absolute atomic E-state index is 12.2. The van der Waals surface area contributed by atoms with E-state index >= 15 is 0 Å². The Hall–Kier alpha value is -2.30. The molecular weight excluding hydrogens is 282 g/mol. The molecule has 0 N–H and O–H groups in total. The fourth-order valence-corrected chi connectivity index (χ4v) is 2.43. The first-order valence-electron chi connectivity index (χ1n) is 7.41. The number of carbonyl (C=O) groups excluding carboxylic acids is 2. The Morgan fingerprint density at radius 1 is 1.32 bits per heavy atom. The number of methoxy groups -OCH3 is 1. The summed E-state index contributed by atoms with van der Waals surface area (Å²) < 4.78 is 9.93. The molecule has 0 unspecified atom stereocenters. The third kappa shape index (κ3) is 4.62. The van der Waals surface area contributed by atoms with Gasteiger partial charge in [0.15, 0.2) is 0 Å². The SMILES string of the molecule is COC(=O)C/C=C/[C@@H]1CCCN1C(=O)OCc1ccccc1. The summed E-state index contributed by atoms with van der Waals surface area (Å²) in [4.78, 5) is 24.9. The average molecular weight is 303 g/mol. The molecule has 1 atom stereocenters. The first kappa shape index (κ1) is 16.1. The lowest BCUT2D eigenvalue weighted by Gasteiger charge is -2.21. The molecule has 1 saturated heterocycles. The van der Waals surface area contributed by atoms with Crippen LogP contribution in [-0.4, -0.2) is 36.7 Å². The molecule has 2 rings (SSSR count). The van der Waals surface area contributed by atoms with Crippen LogP contribution in [0, 0.1) is 0 Å². The van der Waals surface area contributed by atoms with Crippen molar-refractivity contribution in [1.29, 1.82) is 0 Å². The number of benzene rings is 1. The van der Waals surface area contributed by atoms with Gasteiger partial charge < -0.3 is 14.4 Å². The second-order valence-electron chi connectivity index (χ2n) is 5.15. The van der Waals surface area contributed by atoms with Gasteiger partial charge in [0.05, 0.1) is 19.6 Å². The average Bonchev–Trinajstić information content (AvgIpc) is 3.02. The molecule has 22 heavy (non-hydrogen) atoms. The third-order valence-electron chi connectivity index (χ3n) is 3.61. The first-order chi connectivity index (χ1) is 10.7. The van der Waals surface area contributed by atoms with Crippen molar-refractivity contribution in [3.63, 3.8) is 0 Å². The van der Waals surface area contributed by atoms with Crippen molar-refractivity contribution in [3.05, 3.63) is 48.0 Å². The van der Waals surface area contributed by atoms with E-state index in [0.717, 1.165) is 18.4 Å². The van der Waals surface area contributed by atoms with Gasteiger partial charge in [0.25, 0.3) is 0 Å². The van der Waals surface area contributed by atoms with Crippen LogP contribution >= 0.6 is 0 Å². The van der Waals surface area contributed by atoms with Crippen molar-refractivity contribution in [3.8, 4) is 0 Å². The minimum Gasteiger partial charge on any atom is -0.469 e. The van der Waals surface area contributed by atoms with Crippen molar-refractivity contribution in [2.75, 3.05) is 13.7 Å². The van der Waals surface area contributed by atoms with Gasteiger partial charge in [-0.15, -0.1) is 0 Å². The topological polar surface area (TPSA) is 55.8 Å². The maximum Gasteiger partial charge on any atom is 0.410 e. The number of amides is 1. The summed E-state index contributed by atoms with van der Waals surface area (Å²) in [6.07, 6.45) is 5.37. The van der Waals surface area contributed by atoms with Crippen LogP contribution in [0.15, 0.2) is 42.5 Å². The summed E-state index contributed by atoms with van der Waals surface area (Å²) >= 11 is 0. The van der Waals surface area contributed by atoms with Crippen molar-refractivity contribution in [2.24, 2.45) is 0 Å². The molecule has 0 spiro atoms. The fourth-order valence-electron chi connectivity index (χ4n) is 2.43. The van der Waals surface area contributed by atoms with Crippen molar-refractivity contribution < 1.29 is 19.1 Å². The van der Waals surface area contributed by atoms with Crippen molar-refractivity contribution in [1.82, 2.24) is 4.90 Å². The zero-order chi connectivity index (χ0) is 15.8. The second kappa shape index (κ2) is 8.22. The zero-order valence-electron chi connectivity index (χ0n) is 12.7. The smallest absolute Gasteiger partial charge is 0.410 e. The minimum atomic E-state index is -0.311. The number of likely N-dealkylation sites (tertiary alicyclic amines) is 1. The quantitative estimate of drug-likeness (QED) is 0.620. The Labute approximate surface area is 130 Å². The predicted octanol–water partition coefficient (Wildman–Crippen LogP) is 2.91. The molecule has 1 aromatic rings. The number of hydrogen-bond acceptors (Lipinski definition) is 4. The van der Waals surface area contributed by atoms with Gasteiger partial charge in [-0.3, -0.25) is 4.79 Å². The standard InChI is InChI=1S/C17H21NO4/c1-21-16(19)11-5-9-15-10-6-12-18(15)17(20)22-13-14-7-3-2-4-8-14/h2-5,7-9,15H,6,10-13H2,1H3/b9-5+/t15-/m1/s1. The summed E-state index contributed by atoms with van der Waals surface area (Å²) in [5.74, 6) is -0.285. The van der Waals surface area contributed by atoms with Gasteiger partial charge in [-0.05, 0) is 18.4 Å². The number of rotatable bonds is 5. The largest absolute Gasteiger partial charge is 0.469 e. The molecule has 5 heteroatoms. The lowest BCUT2D eigenvalue weighted by molar-refractivity contribution is -0.139. The maximum atomic E-state index is 12.2. The molecule has 1 aliphatic heterocycles. The van der Waals surface area contributed by atoms with E-state index < -0.39 is 0 Å². The molecule has 0 aromatic heterocycles. The first-order valence-corrected chi connectivity index (χ1v) is 7.41. The van der Waals surface area contributed by atoms with Crippen LogP contribution in [0.25, 0.3) is 0 Å². The second-order valence-corrected chi connectivity index (χ2v) is 5.15. The van der Waals surface area contributed by atoms with Gasteiger partial charge in [0.2, 0.25) is 0 Å². The number of ether oxygens (including phenoxy) is 2. The van der Waals surface area contributed by atoms with E-state index in [9.17, 15) is 9.59 Å².